The van der Waals surface area contributed by atoms with Crippen LogP contribution < -0.4 is 0 Å². The Hall–Kier alpha value is -1.11. The summed E-state index contributed by atoms with van der Waals surface area (Å²) in [5, 5.41) is 0. The van der Waals surface area contributed by atoms with Gasteiger partial charge >= 0.3 is 0 Å². The maximum absolute atomic E-state index is 12.7. The van der Waals surface area contributed by atoms with E-state index in [0.717, 1.165) is 12.8 Å². The van der Waals surface area contributed by atoms with Gasteiger partial charge in [-0.05, 0) is 24.3 Å². The van der Waals surface area contributed by atoms with E-state index in [1.54, 1.807) is 0 Å². The Balaban J connectivity index is 2.10. The molecule has 0 saturated heterocycles. The molecule has 1 heteroatoms. The van der Waals surface area contributed by atoms with Crippen LogP contribution in [-0.4, -0.2) is 5.78 Å². The first-order valence-electron chi connectivity index (χ1n) is 7.32. The van der Waals surface area contributed by atoms with Gasteiger partial charge in [-0.15, -0.1) is 0 Å². The van der Waals surface area contributed by atoms with Crippen molar-refractivity contribution >= 4 is 5.78 Å². The number of benzene rings is 1. The van der Waals surface area contributed by atoms with Crippen LogP contribution in [0.1, 0.15) is 57.4 Å². The molecule has 1 fully saturated rings. The Labute approximate surface area is 111 Å². The zero-order valence-corrected chi connectivity index (χ0v) is 11.6. The fraction of sp³-hybridized carbons (Fsp3) is 0.588. The predicted molar refractivity (Wildman–Crippen MR) is 75.6 cm³/mol. The van der Waals surface area contributed by atoms with Gasteiger partial charge in [0.15, 0.2) is 0 Å². The molecule has 1 aliphatic carbocycles. The summed E-state index contributed by atoms with van der Waals surface area (Å²) in [6, 6.07) is 10.2. The highest BCUT2D eigenvalue weighted by molar-refractivity contribution is 5.87. The largest absolute Gasteiger partial charge is 0.299 e. The zero-order chi connectivity index (χ0) is 13.0. The van der Waals surface area contributed by atoms with E-state index in [4.69, 9.17) is 0 Å². The van der Waals surface area contributed by atoms with Crippen molar-refractivity contribution in [1.29, 1.82) is 0 Å². The van der Waals surface area contributed by atoms with E-state index in [2.05, 4.69) is 26.0 Å². The summed E-state index contributed by atoms with van der Waals surface area (Å²) in [5.74, 6) is 1.45. The lowest BCUT2D eigenvalue weighted by molar-refractivity contribution is -0.126. The Morgan fingerprint density at radius 3 is 2.56 bits per heavy atom. The number of hydrogen-bond acceptors (Lipinski definition) is 1. The molecule has 0 N–H and O–H groups in total. The number of carbonyl (C=O) groups is 1. The van der Waals surface area contributed by atoms with Gasteiger partial charge in [0.05, 0.1) is 0 Å². The molecule has 0 radical (unpaired) electrons. The van der Waals surface area contributed by atoms with Crippen LogP contribution in [0.4, 0.5) is 0 Å². The maximum Gasteiger partial charge on any atom is 0.143 e. The van der Waals surface area contributed by atoms with Crippen molar-refractivity contribution in [3.8, 4) is 0 Å². The molecule has 0 heterocycles. The molecule has 2 rings (SSSR count). The number of Topliss-reactive ketones (excluding diaryl/α,β-unsaturated/α-hetero) is 1. The van der Waals surface area contributed by atoms with Crippen molar-refractivity contribution in [2.75, 3.05) is 0 Å². The van der Waals surface area contributed by atoms with Crippen LogP contribution in [0.3, 0.4) is 0 Å². The first-order valence-corrected chi connectivity index (χ1v) is 7.32. The van der Waals surface area contributed by atoms with E-state index in [0.29, 0.717) is 17.6 Å². The van der Waals surface area contributed by atoms with Gasteiger partial charge in [-0.1, -0.05) is 63.4 Å². The minimum atomic E-state index is 0.0587. The fourth-order valence-corrected chi connectivity index (χ4v) is 3.30. The van der Waals surface area contributed by atoms with E-state index < -0.39 is 0 Å². The molecule has 0 aromatic heterocycles. The molecule has 0 aliphatic heterocycles. The second-order valence-electron chi connectivity index (χ2n) is 5.59. The summed E-state index contributed by atoms with van der Waals surface area (Å²) in [5.41, 5.74) is 1.17. The van der Waals surface area contributed by atoms with Gasteiger partial charge < -0.3 is 0 Å². The molecule has 0 bridgehead atoms. The van der Waals surface area contributed by atoms with Gasteiger partial charge in [0.2, 0.25) is 0 Å². The van der Waals surface area contributed by atoms with Gasteiger partial charge in [-0.25, -0.2) is 0 Å². The number of hydrogen-bond donors (Lipinski definition) is 0. The summed E-state index contributed by atoms with van der Waals surface area (Å²) in [6.45, 7) is 4.29. The normalized spacial score (nSPS) is 25.7. The van der Waals surface area contributed by atoms with E-state index >= 15 is 0 Å². The summed E-state index contributed by atoms with van der Waals surface area (Å²) in [4.78, 5) is 12.7. The number of ketones is 1. The molecule has 1 nitrogen and oxygen atoms in total. The fourth-order valence-electron chi connectivity index (χ4n) is 3.30. The van der Waals surface area contributed by atoms with Gasteiger partial charge in [-0.3, -0.25) is 4.79 Å². The summed E-state index contributed by atoms with van der Waals surface area (Å²) >= 11 is 0. The van der Waals surface area contributed by atoms with Crippen molar-refractivity contribution in [2.24, 2.45) is 11.8 Å². The average Bonchev–Trinajstić information content (AvgIpc) is 2.46. The Kier molecular flexibility index (Phi) is 4.57. The van der Waals surface area contributed by atoms with Crippen molar-refractivity contribution in [2.45, 2.75) is 51.9 Å². The molecule has 1 saturated carbocycles. The quantitative estimate of drug-likeness (QED) is 0.758. The van der Waals surface area contributed by atoms with E-state index in [1.165, 1.54) is 24.8 Å². The van der Waals surface area contributed by atoms with Gasteiger partial charge in [0.25, 0.3) is 0 Å². The van der Waals surface area contributed by atoms with Crippen LogP contribution in [0.2, 0.25) is 0 Å². The van der Waals surface area contributed by atoms with Crippen LogP contribution in [0.5, 0.6) is 0 Å². The highest BCUT2D eigenvalue weighted by atomic mass is 16.1. The molecule has 3 unspecified atom stereocenters. The van der Waals surface area contributed by atoms with E-state index in [9.17, 15) is 4.79 Å². The summed E-state index contributed by atoms with van der Waals surface area (Å²) in [7, 11) is 0. The molecule has 1 aromatic rings. The van der Waals surface area contributed by atoms with E-state index in [-0.39, 0.29) is 5.92 Å². The van der Waals surface area contributed by atoms with Crippen molar-refractivity contribution in [3.05, 3.63) is 35.9 Å². The van der Waals surface area contributed by atoms with Crippen LogP contribution in [0, 0.1) is 11.8 Å². The van der Waals surface area contributed by atoms with Crippen molar-refractivity contribution in [1.82, 2.24) is 0 Å². The smallest absolute Gasteiger partial charge is 0.143 e. The monoisotopic (exact) mass is 244 g/mol. The molecule has 1 aliphatic rings. The van der Waals surface area contributed by atoms with Gasteiger partial charge in [0, 0.05) is 11.8 Å². The first-order chi connectivity index (χ1) is 8.74. The summed E-state index contributed by atoms with van der Waals surface area (Å²) < 4.78 is 0. The lowest BCUT2D eigenvalue weighted by atomic mass is 9.72. The number of rotatable bonds is 4. The topological polar surface area (TPSA) is 17.1 Å². The highest BCUT2D eigenvalue weighted by Crippen LogP contribution is 2.36. The lowest BCUT2D eigenvalue weighted by Crippen LogP contribution is -2.29. The lowest BCUT2D eigenvalue weighted by Gasteiger charge is -2.31. The minimum absolute atomic E-state index is 0.0587. The van der Waals surface area contributed by atoms with Crippen LogP contribution in [0.15, 0.2) is 30.3 Å². The Bertz CT molecular complexity index is 382. The number of carbonyl (C=O) groups excluding carboxylic acids is 1. The molecule has 0 spiro atoms. The third-order valence-electron chi connectivity index (χ3n) is 4.53. The minimum Gasteiger partial charge on any atom is -0.299 e. The second-order valence-corrected chi connectivity index (χ2v) is 5.59. The third kappa shape index (κ3) is 2.82. The summed E-state index contributed by atoms with van der Waals surface area (Å²) in [6.07, 6.45) is 6.04. The first kappa shape index (κ1) is 13.3. The van der Waals surface area contributed by atoms with Crippen molar-refractivity contribution < 1.29 is 4.79 Å². The molecule has 18 heavy (non-hydrogen) atoms. The molecule has 3 atom stereocenters. The highest BCUT2D eigenvalue weighted by Gasteiger charge is 2.32. The molecule has 98 valence electrons. The maximum atomic E-state index is 12.7. The second kappa shape index (κ2) is 6.17. The SMILES string of the molecule is CCC1CCCCC1C(=O)C(C)c1ccccc1. The van der Waals surface area contributed by atoms with E-state index in [1.807, 2.05) is 18.2 Å². The van der Waals surface area contributed by atoms with Gasteiger partial charge in [0.1, 0.15) is 5.78 Å². The molecular weight excluding hydrogens is 220 g/mol. The van der Waals surface area contributed by atoms with Gasteiger partial charge in [-0.2, -0.15) is 0 Å². The average molecular weight is 244 g/mol. The standard InChI is InChI=1S/C17H24O/c1-3-14-9-7-8-12-16(14)17(18)13(2)15-10-5-4-6-11-15/h4-6,10-11,13-14,16H,3,7-9,12H2,1-2H3. The zero-order valence-electron chi connectivity index (χ0n) is 11.6. The van der Waals surface area contributed by atoms with Crippen LogP contribution in [-0.2, 0) is 4.79 Å². The predicted octanol–water partition coefficient (Wildman–Crippen LogP) is 4.58. The molecular formula is C17H24O. The van der Waals surface area contributed by atoms with Crippen molar-refractivity contribution in [3.63, 3.8) is 0 Å². The van der Waals surface area contributed by atoms with Crippen LogP contribution >= 0.6 is 0 Å². The Morgan fingerprint density at radius 1 is 1.22 bits per heavy atom. The third-order valence-corrected chi connectivity index (χ3v) is 4.53. The molecule has 1 aromatic carbocycles. The molecule has 0 amide bonds. The van der Waals surface area contributed by atoms with Crippen LogP contribution in [0.25, 0.3) is 0 Å². The Morgan fingerprint density at radius 2 is 1.89 bits per heavy atom.